The van der Waals surface area contributed by atoms with E-state index in [2.05, 4.69) is 0 Å². The molecule has 0 aromatic rings. The average Bonchev–Trinajstić information content (AvgIpc) is 1.80. The zero-order valence-corrected chi connectivity index (χ0v) is 5.68. The van der Waals surface area contributed by atoms with Crippen LogP contribution in [0.2, 0.25) is 0 Å². The van der Waals surface area contributed by atoms with Crippen LogP contribution in [-0.4, -0.2) is 37.3 Å². The number of likely N-dealkylation sites (tertiary alicyclic amines) is 1. The normalized spacial score (nSPS) is 39.0. The number of halogens is 1. The minimum Gasteiger partial charge on any atom is -0.325 e. The Morgan fingerprint density at radius 3 is 2.78 bits per heavy atom. The van der Waals surface area contributed by atoms with E-state index in [1.807, 2.05) is 11.9 Å². The van der Waals surface area contributed by atoms with Crippen LogP contribution in [0, 0.1) is 0 Å². The number of alkyl halides is 1. The summed E-state index contributed by atoms with van der Waals surface area (Å²) in [5.41, 5.74) is 5.44. The molecule has 1 unspecified atom stereocenters. The maximum Gasteiger partial charge on any atom is 0.128 e. The van der Waals surface area contributed by atoms with Crippen LogP contribution in [0.5, 0.6) is 0 Å². The van der Waals surface area contributed by atoms with Crippen LogP contribution >= 0.6 is 0 Å². The molecule has 0 aromatic heterocycles. The predicted molar refractivity (Wildman–Crippen MR) is 35.0 cm³/mol. The van der Waals surface area contributed by atoms with Crippen LogP contribution in [0.25, 0.3) is 0 Å². The highest BCUT2D eigenvalue weighted by Crippen LogP contribution is 2.09. The lowest BCUT2D eigenvalue weighted by molar-refractivity contribution is 0.141. The van der Waals surface area contributed by atoms with Crippen molar-refractivity contribution >= 4 is 0 Å². The van der Waals surface area contributed by atoms with Crippen LogP contribution in [0.4, 0.5) is 4.39 Å². The smallest absolute Gasteiger partial charge is 0.128 e. The summed E-state index contributed by atoms with van der Waals surface area (Å²) in [5.74, 6) is 0. The minimum atomic E-state index is -0.816. The first-order chi connectivity index (χ1) is 4.20. The van der Waals surface area contributed by atoms with Gasteiger partial charge < -0.3 is 10.6 Å². The zero-order chi connectivity index (χ0) is 6.85. The number of nitrogens with zero attached hydrogens (tertiary/aromatic N) is 1. The molecule has 0 saturated carbocycles. The molecule has 0 aliphatic carbocycles. The van der Waals surface area contributed by atoms with Gasteiger partial charge in [0.25, 0.3) is 0 Å². The van der Waals surface area contributed by atoms with Crippen molar-refractivity contribution < 1.29 is 4.39 Å². The van der Waals surface area contributed by atoms with Crippen molar-refractivity contribution in [2.24, 2.45) is 5.73 Å². The van der Waals surface area contributed by atoms with Gasteiger partial charge in [0.15, 0.2) is 0 Å². The van der Waals surface area contributed by atoms with Crippen molar-refractivity contribution in [1.29, 1.82) is 0 Å². The molecule has 0 amide bonds. The predicted octanol–water partition coefficient (Wildman–Crippen LogP) is -0.0127. The summed E-state index contributed by atoms with van der Waals surface area (Å²) < 4.78 is 12.7. The molecule has 0 bridgehead atoms. The third kappa shape index (κ3) is 1.63. The second-order valence-electron chi connectivity index (χ2n) is 2.73. The Morgan fingerprint density at radius 2 is 2.33 bits per heavy atom. The van der Waals surface area contributed by atoms with Gasteiger partial charge in [-0.3, -0.25) is 0 Å². The van der Waals surface area contributed by atoms with E-state index in [1.54, 1.807) is 0 Å². The van der Waals surface area contributed by atoms with Gasteiger partial charge in [-0.15, -0.1) is 0 Å². The van der Waals surface area contributed by atoms with Gasteiger partial charge in [-0.05, 0) is 20.0 Å². The van der Waals surface area contributed by atoms with Crippen molar-refractivity contribution in [3.63, 3.8) is 0 Å². The molecular formula is C6H13FN2. The third-order valence-electron chi connectivity index (χ3n) is 1.79. The van der Waals surface area contributed by atoms with Crippen LogP contribution in [0.3, 0.4) is 0 Å². The molecule has 1 aliphatic heterocycles. The lowest BCUT2D eigenvalue weighted by Crippen LogP contribution is -2.46. The molecule has 0 aromatic carbocycles. The van der Waals surface area contributed by atoms with Crippen LogP contribution in [0.1, 0.15) is 6.42 Å². The monoisotopic (exact) mass is 132 g/mol. The van der Waals surface area contributed by atoms with E-state index in [0.29, 0.717) is 6.54 Å². The summed E-state index contributed by atoms with van der Waals surface area (Å²) in [4.78, 5) is 1.97. The van der Waals surface area contributed by atoms with Gasteiger partial charge in [0.05, 0.1) is 0 Å². The van der Waals surface area contributed by atoms with Crippen molar-refractivity contribution in [3.8, 4) is 0 Å². The Labute approximate surface area is 54.8 Å². The molecule has 0 spiro atoms. The van der Waals surface area contributed by atoms with E-state index in [0.717, 1.165) is 13.0 Å². The Hall–Kier alpha value is -0.150. The largest absolute Gasteiger partial charge is 0.325 e. The second kappa shape index (κ2) is 2.62. The summed E-state index contributed by atoms with van der Waals surface area (Å²) >= 11 is 0. The van der Waals surface area contributed by atoms with Gasteiger partial charge in [-0.1, -0.05) is 0 Å². The lowest BCUT2D eigenvalue weighted by atomic mass is 10.1. The standard InChI is InChI=1S/C6H13FN2/c1-9-3-2-6(8)5(7)4-9/h5-6H,2-4,8H2,1H3/t5-,6?/m1/s1. The Balaban J connectivity index is 2.35. The highest BCUT2D eigenvalue weighted by atomic mass is 19.1. The Kier molecular flexibility index (Phi) is 2.03. The maximum atomic E-state index is 12.7. The first-order valence-corrected chi connectivity index (χ1v) is 3.28. The van der Waals surface area contributed by atoms with Gasteiger partial charge in [0.2, 0.25) is 0 Å². The second-order valence-corrected chi connectivity index (χ2v) is 2.73. The summed E-state index contributed by atoms with van der Waals surface area (Å²) in [6.07, 6.45) is -0.0266. The van der Waals surface area contributed by atoms with E-state index in [4.69, 9.17) is 5.73 Å². The minimum absolute atomic E-state index is 0.221. The molecule has 1 rings (SSSR count). The molecular weight excluding hydrogens is 119 g/mol. The lowest BCUT2D eigenvalue weighted by Gasteiger charge is -2.29. The van der Waals surface area contributed by atoms with Crippen LogP contribution in [0.15, 0.2) is 0 Å². The molecule has 1 heterocycles. The summed E-state index contributed by atoms with van der Waals surface area (Å²) in [5, 5.41) is 0. The summed E-state index contributed by atoms with van der Waals surface area (Å²) in [6.45, 7) is 1.43. The van der Waals surface area contributed by atoms with Crippen LogP contribution < -0.4 is 5.73 Å². The van der Waals surface area contributed by atoms with Crippen molar-refractivity contribution in [2.75, 3.05) is 20.1 Å². The van der Waals surface area contributed by atoms with Gasteiger partial charge >= 0.3 is 0 Å². The fourth-order valence-electron chi connectivity index (χ4n) is 1.07. The van der Waals surface area contributed by atoms with Gasteiger partial charge in [0.1, 0.15) is 6.17 Å². The van der Waals surface area contributed by atoms with Gasteiger partial charge in [0, 0.05) is 12.6 Å². The molecule has 1 fully saturated rings. The molecule has 1 saturated heterocycles. The van der Waals surface area contributed by atoms with Crippen LogP contribution in [-0.2, 0) is 0 Å². The fraction of sp³-hybridized carbons (Fsp3) is 1.00. The number of nitrogens with two attached hydrogens (primary N) is 1. The number of hydrogen-bond acceptors (Lipinski definition) is 2. The molecule has 54 valence electrons. The van der Waals surface area contributed by atoms with E-state index in [1.165, 1.54) is 0 Å². The molecule has 2 nitrogen and oxygen atoms in total. The summed E-state index contributed by atoms with van der Waals surface area (Å²) in [6, 6.07) is -0.221. The quantitative estimate of drug-likeness (QED) is 0.502. The Bertz CT molecular complexity index is 97.1. The molecule has 3 heteroatoms. The number of piperidine rings is 1. The Morgan fingerprint density at radius 1 is 1.67 bits per heavy atom. The number of hydrogen-bond donors (Lipinski definition) is 1. The van der Waals surface area contributed by atoms with E-state index in [9.17, 15) is 4.39 Å². The van der Waals surface area contributed by atoms with Gasteiger partial charge in [-0.25, -0.2) is 4.39 Å². The highest BCUT2D eigenvalue weighted by Gasteiger charge is 2.23. The first-order valence-electron chi connectivity index (χ1n) is 3.28. The van der Waals surface area contributed by atoms with E-state index < -0.39 is 6.17 Å². The number of rotatable bonds is 0. The molecule has 2 atom stereocenters. The first kappa shape index (κ1) is 6.96. The highest BCUT2D eigenvalue weighted by molar-refractivity contribution is 4.80. The van der Waals surface area contributed by atoms with E-state index >= 15 is 0 Å². The summed E-state index contributed by atoms with van der Waals surface area (Å²) in [7, 11) is 1.92. The molecule has 0 radical (unpaired) electrons. The molecule has 2 N–H and O–H groups in total. The third-order valence-corrected chi connectivity index (χ3v) is 1.79. The van der Waals surface area contributed by atoms with Crippen molar-refractivity contribution in [2.45, 2.75) is 18.6 Å². The topological polar surface area (TPSA) is 29.3 Å². The van der Waals surface area contributed by atoms with Crippen molar-refractivity contribution in [3.05, 3.63) is 0 Å². The molecule has 1 aliphatic rings. The maximum absolute atomic E-state index is 12.7. The SMILES string of the molecule is CN1CCC(N)[C@H](F)C1. The average molecular weight is 132 g/mol. The van der Waals surface area contributed by atoms with E-state index in [-0.39, 0.29) is 6.04 Å². The zero-order valence-electron chi connectivity index (χ0n) is 5.68. The fourth-order valence-corrected chi connectivity index (χ4v) is 1.07. The van der Waals surface area contributed by atoms with Gasteiger partial charge in [-0.2, -0.15) is 0 Å². The van der Waals surface area contributed by atoms with Crippen molar-refractivity contribution in [1.82, 2.24) is 4.90 Å². The molecule has 9 heavy (non-hydrogen) atoms.